The van der Waals surface area contributed by atoms with E-state index in [0.29, 0.717) is 38.5 Å². The smallest absolute Gasteiger partial charge is 0.409 e. The molecular formula is C18H23N3O5. The van der Waals surface area contributed by atoms with E-state index in [4.69, 9.17) is 9.47 Å². The molecule has 0 spiro atoms. The highest BCUT2D eigenvalue weighted by Gasteiger charge is 2.29. The number of piperazine rings is 1. The number of aryl methyl sites for hydroxylation is 1. The van der Waals surface area contributed by atoms with Crippen molar-refractivity contribution in [3.8, 4) is 5.75 Å². The van der Waals surface area contributed by atoms with Crippen LogP contribution < -0.4 is 9.64 Å². The average molecular weight is 361 g/mol. The summed E-state index contributed by atoms with van der Waals surface area (Å²) in [5.41, 5.74) is 1.73. The number of nitrogens with zero attached hydrogens (tertiary/aromatic N) is 3. The van der Waals surface area contributed by atoms with Crippen LogP contribution in [0.2, 0.25) is 0 Å². The van der Waals surface area contributed by atoms with Gasteiger partial charge in [0, 0.05) is 26.2 Å². The standard InChI is InChI=1S/C18H23N3O5/c1-3-25-18(24)20-8-6-19(7-9-20)16(22)11-21-12-17(23)26-15-10-13(2)4-5-14(15)21/h4-5,10H,3,6-9,11-12H2,1-2H3. The van der Waals surface area contributed by atoms with Gasteiger partial charge in [-0.1, -0.05) is 6.07 Å². The normalized spacial score (nSPS) is 16.8. The van der Waals surface area contributed by atoms with Crippen molar-refractivity contribution in [2.24, 2.45) is 0 Å². The van der Waals surface area contributed by atoms with E-state index < -0.39 is 0 Å². The number of carbonyl (C=O) groups is 3. The summed E-state index contributed by atoms with van der Waals surface area (Å²) in [5, 5.41) is 0. The number of ether oxygens (including phenoxy) is 2. The van der Waals surface area contributed by atoms with Crippen LogP contribution in [0.4, 0.5) is 10.5 Å². The molecule has 140 valence electrons. The Bertz CT molecular complexity index is 713. The first kappa shape index (κ1) is 18.0. The van der Waals surface area contributed by atoms with Crippen molar-refractivity contribution >= 4 is 23.7 Å². The lowest BCUT2D eigenvalue weighted by molar-refractivity contribution is -0.134. The molecule has 2 aliphatic rings. The topological polar surface area (TPSA) is 79.4 Å². The molecule has 26 heavy (non-hydrogen) atoms. The summed E-state index contributed by atoms with van der Waals surface area (Å²) in [7, 11) is 0. The largest absolute Gasteiger partial charge is 0.450 e. The van der Waals surface area contributed by atoms with Gasteiger partial charge in [0.15, 0.2) is 5.75 Å². The number of fused-ring (bicyclic) bond motifs is 1. The number of anilines is 1. The van der Waals surface area contributed by atoms with Crippen LogP contribution in [-0.4, -0.2) is 73.6 Å². The molecule has 1 saturated heterocycles. The number of esters is 1. The summed E-state index contributed by atoms with van der Waals surface area (Å²) in [5.74, 6) is 0.0407. The zero-order chi connectivity index (χ0) is 18.7. The molecular weight excluding hydrogens is 338 g/mol. The van der Waals surface area contributed by atoms with Crippen LogP contribution in [0.5, 0.6) is 5.75 Å². The number of hydrogen-bond donors (Lipinski definition) is 0. The maximum Gasteiger partial charge on any atom is 0.409 e. The third-order valence-corrected chi connectivity index (χ3v) is 4.48. The van der Waals surface area contributed by atoms with Crippen molar-refractivity contribution < 1.29 is 23.9 Å². The van der Waals surface area contributed by atoms with Crippen LogP contribution >= 0.6 is 0 Å². The second-order valence-electron chi connectivity index (χ2n) is 6.37. The summed E-state index contributed by atoms with van der Waals surface area (Å²) in [6, 6.07) is 5.58. The fraction of sp³-hybridized carbons (Fsp3) is 0.500. The SMILES string of the molecule is CCOC(=O)N1CCN(C(=O)CN2CC(=O)Oc3cc(C)ccc32)CC1. The molecule has 0 radical (unpaired) electrons. The van der Waals surface area contributed by atoms with E-state index in [1.807, 2.05) is 19.1 Å². The molecule has 1 aromatic carbocycles. The Morgan fingerprint density at radius 1 is 1.15 bits per heavy atom. The third-order valence-electron chi connectivity index (χ3n) is 4.48. The molecule has 1 fully saturated rings. The predicted octanol–water partition coefficient (Wildman–Crippen LogP) is 1.02. The lowest BCUT2D eigenvalue weighted by Crippen LogP contribution is -2.53. The number of benzene rings is 1. The Hall–Kier alpha value is -2.77. The van der Waals surface area contributed by atoms with Crippen LogP contribution in [-0.2, 0) is 14.3 Å². The molecule has 2 heterocycles. The summed E-state index contributed by atoms with van der Waals surface area (Å²) < 4.78 is 10.3. The minimum absolute atomic E-state index is 0.0462. The fourth-order valence-electron chi connectivity index (χ4n) is 3.12. The van der Waals surface area contributed by atoms with Crippen molar-refractivity contribution in [3.63, 3.8) is 0 Å². The van der Waals surface area contributed by atoms with Crippen molar-refractivity contribution in [3.05, 3.63) is 23.8 Å². The van der Waals surface area contributed by atoms with Gasteiger partial charge in [0.25, 0.3) is 0 Å². The molecule has 0 N–H and O–H groups in total. The predicted molar refractivity (Wildman–Crippen MR) is 94.2 cm³/mol. The fourth-order valence-corrected chi connectivity index (χ4v) is 3.12. The molecule has 2 amide bonds. The Kier molecular flexibility index (Phi) is 5.29. The molecule has 0 aromatic heterocycles. The zero-order valence-corrected chi connectivity index (χ0v) is 15.1. The Morgan fingerprint density at radius 2 is 1.85 bits per heavy atom. The lowest BCUT2D eigenvalue weighted by atomic mass is 10.1. The number of amides is 2. The zero-order valence-electron chi connectivity index (χ0n) is 15.1. The molecule has 8 nitrogen and oxygen atoms in total. The van der Waals surface area contributed by atoms with Crippen LogP contribution in [0.15, 0.2) is 18.2 Å². The first-order valence-electron chi connectivity index (χ1n) is 8.73. The molecule has 8 heteroatoms. The summed E-state index contributed by atoms with van der Waals surface area (Å²) in [6.45, 7) is 5.97. The van der Waals surface area contributed by atoms with Crippen LogP contribution in [0, 0.1) is 6.92 Å². The lowest BCUT2D eigenvalue weighted by Gasteiger charge is -2.36. The van der Waals surface area contributed by atoms with Crippen LogP contribution in [0.25, 0.3) is 0 Å². The quantitative estimate of drug-likeness (QED) is 0.591. The van der Waals surface area contributed by atoms with E-state index in [9.17, 15) is 14.4 Å². The second kappa shape index (κ2) is 7.63. The highest BCUT2D eigenvalue weighted by Crippen LogP contribution is 2.32. The summed E-state index contributed by atoms with van der Waals surface area (Å²) >= 11 is 0. The van der Waals surface area contributed by atoms with Crippen LogP contribution in [0.3, 0.4) is 0 Å². The summed E-state index contributed by atoms with van der Waals surface area (Å²) in [6.07, 6.45) is -0.345. The molecule has 0 bridgehead atoms. The first-order chi connectivity index (χ1) is 12.5. The number of carbonyl (C=O) groups excluding carboxylic acids is 3. The van der Waals surface area contributed by atoms with Crippen LogP contribution in [0.1, 0.15) is 12.5 Å². The molecule has 0 unspecified atom stereocenters. The van der Waals surface area contributed by atoms with E-state index in [1.54, 1.807) is 27.7 Å². The van der Waals surface area contributed by atoms with Gasteiger partial charge >= 0.3 is 12.1 Å². The van der Waals surface area contributed by atoms with Gasteiger partial charge < -0.3 is 24.2 Å². The van der Waals surface area contributed by atoms with Gasteiger partial charge in [-0.15, -0.1) is 0 Å². The second-order valence-corrected chi connectivity index (χ2v) is 6.37. The van der Waals surface area contributed by atoms with Gasteiger partial charge in [0.05, 0.1) is 18.8 Å². The number of hydrogen-bond acceptors (Lipinski definition) is 6. The minimum Gasteiger partial charge on any atom is -0.450 e. The van der Waals surface area contributed by atoms with Crippen molar-refractivity contribution in [1.29, 1.82) is 0 Å². The van der Waals surface area contributed by atoms with Crippen molar-refractivity contribution in [1.82, 2.24) is 9.80 Å². The maximum atomic E-state index is 12.6. The van der Waals surface area contributed by atoms with Gasteiger partial charge in [-0.25, -0.2) is 9.59 Å². The highest BCUT2D eigenvalue weighted by molar-refractivity contribution is 5.89. The molecule has 0 saturated carbocycles. The first-order valence-corrected chi connectivity index (χ1v) is 8.73. The Labute approximate surface area is 152 Å². The van der Waals surface area contributed by atoms with Crippen molar-refractivity contribution in [2.75, 3.05) is 50.8 Å². The van der Waals surface area contributed by atoms with Gasteiger partial charge in [-0.05, 0) is 31.5 Å². The van der Waals surface area contributed by atoms with Gasteiger partial charge in [-0.3, -0.25) is 4.79 Å². The van der Waals surface area contributed by atoms with Gasteiger partial charge in [0.2, 0.25) is 5.91 Å². The molecule has 2 aliphatic heterocycles. The Morgan fingerprint density at radius 3 is 2.54 bits per heavy atom. The van der Waals surface area contributed by atoms with Crippen molar-refractivity contribution in [2.45, 2.75) is 13.8 Å². The van der Waals surface area contributed by atoms with E-state index in [0.717, 1.165) is 11.3 Å². The minimum atomic E-state index is -0.372. The highest BCUT2D eigenvalue weighted by atomic mass is 16.6. The molecule has 3 rings (SSSR count). The van der Waals surface area contributed by atoms with E-state index in [1.165, 1.54) is 0 Å². The third kappa shape index (κ3) is 3.89. The summed E-state index contributed by atoms with van der Waals surface area (Å²) in [4.78, 5) is 41.3. The Balaban J connectivity index is 1.61. The molecule has 0 aliphatic carbocycles. The van der Waals surface area contributed by atoms with E-state index >= 15 is 0 Å². The van der Waals surface area contributed by atoms with E-state index in [2.05, 4.69) is 0 Å². The van der Waals surface area contributed by atoms with E-state index in [-0.39, 0.29) is 31.1 Å². The average Bonchev–Trinajstić information content (AvgIpc) is 2.61. The van der Waals surface area contributed by atoms with Gasteiger partial charge in [-0.2, -0.15) is 0 Å². The molecule has 1 aromatic rings. The number of rotatable bonds is 3. The maximum absolute atomic E-state index is 12.6. The molecule has 0 atom stereocenters. The van der Waals surface area contributed by atoms with Gasteiger partial charge in [0.1, 0.15) is 6.54 Å². The monoisotopic (exact) mass is 361 g/mol.